The van der Waals surface area contributed by atoms with Crippen LogP contribution in [0.25, 0.3) is 0 Å². The average Bonchev–Trinajstić information content (AvgIpc) is 2.91. The van der Waals surface area contributed by atoms with E-state index in [1.165, 1.54) is 0 Å². The zero-order valence-electron chi connectivity index (χ0n) is 12.2. The zero-order valence-corrected chi connectivity index (χ0v) is 13.0. The molecule has 2 aromatic rings. The lowest BCUT2D eigenvalue weighted by molar-refractivity contribution is 0.104. The van der Waals surface area contributed by atoms with Crippen molar-refractivity contribution in [3.8, 4) is 11.5 Å². The van der Waals surface area contributed by atoms with Crippen LogP contribution in [0.1, 0.15) is 10.7 Å². The molecule has 6 heteroatoms. The number of ether oxygens (including phenoxy) is 2. The van der Waals surface area contributed by atoms with E-state index >= 15 is 0 Å². The summed E-state index contributed by atoms with van der Waals surface area (Å²) in [6, 6.07) is 7.38. The van der Waals surface area contributed by atoms with Gasteiger partial charge in [0.15, 0.2) is 11.5 Å². The molecule has 0 saturated carbocycles. The SMILES string of the molecule is COc1ccccc1OCC(O)CNCc1csc(C)n1. The van der Waals surface area contributed by atoms with Gasteiger partial charge in [0.1, 0.15) is 12.7 Å². The highest BCUT2D eigenvalue weighted by Gasteiger charge is 2.08. The lowest BCUT2D eigenvalue weighted by Gasteiger charge is -2.14. The molecule has 0 saturated heterocycles. The first-order chi connectivity index (χ1) is 10.2. The normalized spacial score (nSPS) is 12.1. The number of hydrogen-bond acceptors (Lipinski definition) is 6. The molecular formula is C15H20N2O3S. The second-order valence-corrected chi connectivity index (χ2v) is 5.67. The number of hydrogen-bond donors (Lipinski definition) is 2. The number of thiazole rings is 1. The van der Waals surface area contributed by atoms with E-state index in [9.17, 15) is 5.11 Å². The predicted octanol–water partition coefficient (Wildman–Crippen LogP) is 1.99. The molecule has 0 fully saturated rings. The van der Waals surface area contributed by atoms with Gasteiger partial charge in [-0.15, -0.1) is 11.3 Å². The number of aliphatic hydroxyl groups excluding tert-OH is 1. The van der Waals surface area contributed by atoms with Gasteiger partial charge in [-0.05, 0) is 19.1 Å². The monoisotopic (exact) mass is 308 g/mol. The Labute approximate surface area is 128 Å². The molecule has 1 atom stereocenters. The van der Waals surface area contributed by atoms with Crippen LogP contribution in [-0.4, -0.2) is 36.5 Å². The van der Waals surface area contributed by atoms with E-state index in [0.29, 0.717) is 24.6 Å². The van der Waals surface area contributed by atoms with Crippen molar-refractivity contribution in [2.45, 2.75) is 19.6 Å². The zero-order chi connectivity index (χ0) is 15.1. The molecule has 0 amide bonds. The topological polar surface area (TPSA) is 63.6 Å². The minimum absolute atomic E-state index is 0.212. The summed E-state index contributed by atoms with van der Waals surface area (Å²) in [5.41, 5.74) is 0.996. The molecular weight excluding hydrogens is 288 g/mol. The Hall–Kier alpha value is -1.63. The van der Waals surface area contributed by atoms with Crippen LogP contribution in [0.2, 0.25) is 0 Å². The standard InChI is InChI=1S/C15H20N2O3S/c1-11-17-12(10-21-11)7-16-8-13(18)9-20-15-6-4-3-5-14(15)19-2/h3-6,10,13,16,18H,7-9H2,1-2H3. The average molecular weight is 308 g/mol. The van der Waals surface area contributed by atoms with Crippen LogP contribution in [0.3, 0.4) is 0 Å². The Balaban J connectivity index is 1.71. The summed E-state index contributed by atoms with van der Waals surface area (Å²) in [6.07, 6.45) is -0.588. The van der Waals surface area contributed by atoms with Gasteiger partial charge in [-0.25, -0.2) is 4.98 Å². The Bertz CT molecular complexity index is 559. The van der Waals surface area contributed by atoms with Gasteiger partial charge in [0.2, 0.25) is 0 Å². The quantitative estimate of drug-likeness (QED) is 0.781. The summed E-state index contributed by atoms with van der Waals surface area (Å²) in [7, 11) is 1.59. The number of para-hydroxylation sites is 2. The summed E-state index contributed by atoms with van der Waals surface area (Å²) in [5.74, 6) is 1.30. The lowest BCUT2D eigenvalue weighted by atomic mass is 10.3. The molecule has 0 aliphatic carbocycles. The van der Waals surface area contributed by atoms with Crippen molar-refractivity contribution >= 4 is 11.3 Å². The molecule has 0 radical (unpaired) electrons. The number of aromatic nitrogens is 1. The van der Waals surface area contributed by atoms with Crippen LogP contribution in [0.4, 0.5) is 0 Å². The summed E-state index contributed by atoms with van der Waals surface area (Å²) in [6.45, 7) is 3.29. The predicted molar refractivity (Wildman–Crippen MR) is 83.1 cm³/mol. The van der Waals surface area contributed by atoms with E-state index in [-0.39, 0.29) is 6.61 Å². The van der Waals surface area contributed by atoms with Crippen LogP contribution in [0.15, 0.2) is 29.6 Å². The first-order valence-electron chi connectivity index (χ1n) is 6.74. The second kappa shape index (κ2) is 7.97. The smallest absolute Gasteiger partial charge is 0.161 e. The highest BCUT2D eigenvalue weighted by molar-refractivity contribution is 7.09. The van der Waals surface area contributed by atoms with Crippen LogP contribution in [0.5, 0.6) is 11.5 Å². The van der Waals surface area contributed by atoms with E-state index in [4.69, 9.17) is 9.47 Å². The third kappa shape index (κ3) is 5.00. The van der Waals surface area contributed by atoms with Gasteiger partial charge in [-0.3, -0.25) is 0 Å². The maximum atomic E-state index is 9.91. The highest BCUT2D eigenvalue weighted by atomic mass is 32.1. The molecule has 0 spiro atoms. The molecule has 0 aliphatic heterocycles. The molecule has 114 valence electrons. The van der Waals surface area contributed by atoms with Crippen LogP contribution < -0.4 is 14.8 Å². The van der Waals surface area contributed by atoms with Crippen molar-refractivity contribution in [1.29, 1.82) is 0 Å². The fourth-order valence-electron chi connectivity index (χ4n) is 1.84. The van der Waals surface area contributed by atoms with Gasteiger partial charge in [0, 0.05) is 18.5 Å². The minimum Gasteiger partial charge on any atom is -0.493 e. The molecule has 21 heavy (non-hydrogen) atoms. The minimum atomic E-state index is -0.588. The summed E-state index contributed by atoms with van der Waals surface area (Å²) < 4.78 is 10.8. The van der Waals surface area contributed by atoms with Crippen molar-refractivity contribution in [2.75, 3.05) is 20.3 Å². The van der Waals surface area contributed by atoms with E-state index in [1.54, 1.807) is 18.4 Å². The lowest BCUT2D eigenvalue weighted by Crippen LogP contribution is -2.31. The van der Waals surface area contributed by atoms with E-state index in [0.717, 1.165) is 10.7 Å². The first kappa shape index (κ1) is 15.8. The number of nitrogens with one attached hydrogen (secondary N) is 1. The molecule has 1 heterocycles. The van der Waals surface area contributed by atoms with Crippen molar-refractivity contribution in [3.63, 3.8) is 0 Å². The third-order valence-corrected chi connectivity index (χ3v) is 3.68. The number of benzene rings is 1. The molecule has 0 aliphatic rings. The number of methoxy groups -OCH3 is 1. The Morgan fingerprint density at radius 2 is 2.10 bits per heavy atom. The second-order valence-electron chi connectivity index (χ2n) is 4.60. The van der Waals surface area contributed by atoms with Crippen molar-refractivity contribution in [3.05, 3.63) is 40.3 Å². The van der Waals surface area contributed by atoms with Gasteiger partial charge < -0.3 is 19.9 Å². The molecule has 0 bridgehead atoms. The van der Waals surface area contributed by atoms with Crippen molar-refractivity contribution in [1.82, 2.24) is 10.3 Å². The molecule has 1 unspecified atom stereocenters. The summed E-state index contributed by atoms with van der Waals surface area (Å²) in [4.78, 5) is 4.35. The third-order valence-electron chi connectivity index (χ3n) is 2.85. The van der Waals surface area contributed by atoms with Crippen LogP contribution in [-0.2, 0) is 6.54 Å². The maximum absolute atomic E-state index is 9.91. The van der Waals surface area contributed by atoms with Crippen molar-refractivity contribution < 1.29 is 14.6 Å². The number of rotatable bonds is 8. The van der Waals surface area contributed by atoms with Crippen LogP contribution in [0, 0.1) is 6.92 Å². The highest BCUT2D eigenvalue weighted by Crippen LogP contribution is 2.25. The van der Waals surface area contributed by atoms with Crippen molar-refractivity contribution in [2.24, 2.45) is 0 Å². The molecule has 5 nitrogen and oxygen atoms in total. The first-order valence-corrected chi connectivity index (χ1v) is 7.62. The Morgan fingerprint density at radius 3 is 2.76 bits per heavy atom. The van der Waals surface area contributed by atoms with Gasteiger partial charge in [-0.1, -0.05) is 12.1 Å². The number of aryl methyl sites for hydroxylation is 1. The summed E-state index contributed by atoms with van der Waals surface area (Å²) >= 11 is 1.62. The molecule has 2 rings (SSSR count). The fourth-order valence-corrected chi connectivity index (χ4v) is 2.45. The van der Waals surface area contributed by atoms with E-state index < -0.39 is 6.10 Å². The van der Waals surface area contributed by atoms with Crippen LogP contribution >= 0.6 is 11.3 Å². The van der Waals surface area contributed by atoms with E-state index in [1.807, 2.05) is 36.6 Å². The van der Waals surface area contributed by atoms with E-state index in [2.05, 4.69) is 10.3 Å². The molecule has 2 N–H and O–H groups in total. The van der Waals surface area contributed by atoms with Gasteiger partial charge in [0.05, 0.1) is 17.8 Å². The van der Waals surface area contributed by atoms with Gasteiger partial charge in [0.25, 0.3) is 0 Å². The van der Waals surface area contributed by atoms with Gasteiger partial charge in [-0.2, -0.15) is 0 Å². The molecule has 1 aromatic heterocycles. The Kier molecular flexibility index (Phi) is 5.98. The largest absolute Gasteiger partial charge is 0.493 e. The maximum Gasteiger partial charge on any atom is 0.161 e. The van der Waals surface area contributed by atoms with Gasteiger partial charge >= 0.3 is 0 Å². The Morgan fingerprint density at radius 1 is 1.33 bits per heavy atom. The number of nitrogens with zero attached hydrogens (tertiary/aromatic N) is 1. The fraction of sp³-hybridized carbons (Fsp3) is 0.400. The number of aliphatic hydroxyl groups is 1. The molecule has 1 aromatic carbocycles. The summed E-state index contributed by atoms with van der Waals surface area (Å²) in [5, 5.41) is 16.1.